The third-order valence-electron chi connectivity index (χ3n) is 4.29. The van der Waals surface area contributed by atoms with Crippen LogP contribution >= 0.6 is 0 Å². The fourth-order valence-electron chi connectivity index (χ4n) is 2.94. The lowest BCUT2D eigenvalue weighted by molar-refractivity contribution is -0.125. The summed E-state index contributed by atoms with van der Waals surface area (Å²) in [4.78, 5) is 10.4. The minimum Gasteiger partial charge on any atom is -0.379 e. The van der Waals surface area contributed by atoms with E-state index in [-0.39, 0.29) is 11.8 Å². The van der Waals surface area contributed by atoms with Crippen molar-refractivity contribution in [1.29, 1.82) is 0 Å². The topological polar surface area (TPSA) is 29.1 Å². The molecule has 4 heteroatoms. The maximum absolute atomic E-state index is 13.5. The van der Waals surface area contributed by atoms with Crippen LogP contribution in [0.1, 0.15) is 51.4 Å². The number of nitrogens with one attached hydrogen (secondary N) is 1. The number of anilines is 1. The van der Waals surface area contributed by atoms with Crippen LogP contribution in [0, 0.1) is 0 Å². The van der Waals surface area contributed by atoms with Crippen molar-refractivity contribution in [3.05, 3.63) is 30.3 Å². The lowest BCUT2D eigenvalue weighted by Gasteiger charge is -2.27. The van der Waals surface area contributed by atoms with Gasteiger partial charge in [0.1, 0.15) is 6.17 Å². The van der Waals surface area contributed by atoms with Crippen molar-refractivity contribution < 1.29 is 13.6 Å². The molecule has 0 aliphatic heterocycles. The summed E-state index contributed by atoms with van der Waals surface area (Å²) in [5.74, 6) is -0.198. The average Bonchev–Trinajstić information content (AvgIpc) is 2.54. The highest BCUT2D eigenvalue weighted by molar-refractivity contribution is 5.83. The van der Waals surface area contributed by atoms with E-state index in [1.807, 2.05) is 30.3 Å². The molecule has 2 fully saturated rings. The first-order valence-corrected chi connectivity index (χ1v) is 8.29. The van der Waals surface area contributed by atoms with Crippen LogP contribution in [0.15, 0.2) is 30.3 Å². The van der Waals surface area contributed by atoms with Crippen molar-refractivity contribution in [3.63, 3.8) is 0 Å². The zero-order chi connectivity index (χ0) is 15.8. The van der Waals surface area contributed by atoms with E-state index in [2.05, 4.69) is 5.32 Å². The molecule has 0 heterocycles. The maximum atomic E-state index is 13.5. The number of rotatable bonds is 2. The van der Waals surface area contributed by atoms with Crippen LogP contribution < -0.4 is 5.32 Å². The molecule has 22 heavy (non-hydrogen) atoms. The van der Waals surface area contributed by atoms with E-state index < -0.39 is 12.3 Å². The quantitative estimate of drug-likeness (QED) is 0.846. The first kappa shape index (κ1) is 16.9. The summed E-state index contributed by atoms with van der Waals surface area (Å²) in [5, 5.41) is 3.26. The zero-order valence-electron chi connectivity index (χ0n) is 12.9. The van der Waals surface area contributed by atoms with Gasteiger partial charge in [0.15, 0.2) is 12.0 Å². The Morgan fingerprint density at radius 3 is 2.18 bits per heavy atom. The Morgan fingerprint density at radius 1 is 0.909 bits per heavy atom. The summed E-state index contributed by atoms with van der Waals surface area (Å²) in [7, 11) is 0. The van der Waals surface area contributed by atoms with Gasteiger partial charge in [0, 0.05) is 12.1 Å². The lowest BCUT2D eigenvalue weighted by Crippen LogP contribution is -2.33. The molecule has 3 unspecified atom stereocenters. The second-order valence-corrected chi connectivity index (χ2v) is 6.10. The molecule has 0 radical (unpaired) electrons. The monoisotopic (exact) mass is 309 g/mol. The van der Waals surface area contributed by atoms with Crippen molar-refractivity contribution in [2.75, 3.05) is 5.32 Å². The molecule has 0 bridgehead atoms. The molecule has 0 amide bonds. The first-order chi connectivity index (χ1) is 10.7. The Kier molecular flexibility index (Phi) is 6.81. The van der Waals surface area contributed by atoms with Crippen LogP contribution in [-0.2, 0) is 4.79 Å². The van der Waals surface area contributed by atoms with Crippen molar-refractivity contribution in [2.45, 2.75) is 69.8 Å². The molecule has 2 saturated carbocycles. The largest absolute Gasteiger partial charge is 0.379 e. The number of hydrogen-bond donors (Lipinski definition) is 1. The number of hydrogen-bond acceptors (Lipinski definition) is 2. The average molecular weight is 309 g/mol. The zero-order valence-corrected chi connectivity index (χ0v) is 12.9. The van der Waals surface area contributed by atoms with Gasteiger partial charge in [0.2, 0.25) is 0 Å². The summed E-state index contributed by atoms with van der Waals surface area (Å²) in [6.45, 7) is 0. The normalized spacial score (nSPS) is 28.5. The molecule has 0 aromatic heterocycles. The van der Waals surface area contributed by atoms with E-state index >= 15 is 0 Å². The van der Waals surface area contributed by atoms with Gasteiger partial charge in [-0.05, 0) is 44.2 Å². The van der Waals surface area contributed by atoms with Gasteiger partial charge in [-0.15, -0.1) is 0 Å². The number of para-hydroxylation sites is 1. The van der Waals surface area contributed by atoms with Crippen LogP contribution in [0.5, 0.6) is 0 Å². The van der Waals surface area contributed by atoms with E-state index in [1.54, 1.807) is 0 Å². The number of alkyl halides is 2. The van der Waals surface area contributed by atoms with Crippen LogP contribution in [-0.4, -0.2) is 24.2 Å². The van der Waals surface area contributed by atoms with Gasteiger partial charge in [-0.2, -0.15) is 0 Å². The molecule has 2 aliphatic rings. The van der Waals surface area contributed by atoms with Crippen molar-refractivity contribution in [1.82, 2.24) is 0 Å². The predicted molar refractivity (Wildman–Crippen MR) is 85.6 cm³/mol. The second-order valence-electron chi connectivity index (χ2n) is 6.10. The summed E-state index contributed by atoms with van der Waals surface area (Å²) in [5.41, 5.74) is 1.03. The molecule has 1 N–H and O–H groups in total. The highest BCUT2D eigenvalue weighted by Gasteiger charge is 2.24. The maximum Gasteiger partial charge on any atom is 0.166 e. The number of halogens is 2. The summed E-state index contributed by atoms with van der Waals surface area (Å²) < 4.78 is 25.7. The van der Waals surface area contributed by atoms with Gasteiger partial charge >= 0.3 is 0 Å². The van der Waals surface area contributed by atoms with Crippen molar-refractivity contribution >= 4 is 11.5 Å². The molecule has 0 saturated heterocycles. The van der Waals surface area contributed by atoms with E-state index in [0.717, 1.165) is 37.8 Å². The summed E-state index contributed by atoms with van der Waals surface area (Å²) >= 11 is 0. The van der Waals surface area contributed by atoms with E-state index in [4.69, 9.17) is 0 Å². The van der Waals surface area contributed by atoms with Crippen LogP contribution in [0.3, 0.4) is 0 Å². The molecule has 1 aromatic rings. The third kappa shape index (κ3) is 5.39. The second kappa shape index (κ2) is 8.86. The highest BCUT2D eigenvalue weighted by Crippen LogP contribution is 2.24. The number of carbonyl (C=O) groups is 1. The van der Waals surface area contributed by atoms with E-state index in [0.29, 0.717) is 19.3 Å². The van der Waals surface area contributed by atoms with E-state index in [1.165, 1.54) is 0 Å². The molecule has 3 rings (SSSR count). The third-order valence-corrected chi connectivity index (χ3v) is 4.29. The van der Waals surface area contributed by atoms with E-state index in [9.17, 15) is 13.6 Å². The minimum atomic E-state index is -1.14. The number of Topliss-reactive ketones (excluding diaryl/α,β-unsaturated/α-hetero) is 1. The van der Waals surface area contributed by atoms with Gasteiger partial charge in [0.05, 0.1) is 6.04 Å². The molecule has 1 aromatic carbocycles. The van der Waals surface area contributed by atoms with Gasteiger partial charge in [-0.25, -0.2) is 8.78 Å². The molecule has 3 atom stereocenters. The number of ketones is 1. The Labute approximate surface area is 131 Å². The molecular weight excluding hydrogens is 284 g/mol. The Hall–Kier alpha value is -1.45. The van der Waals surface area contributed by atoms with Crippen LogP contribution in [0.4, 0.5) is 14.5 Å². The van der Waals surface area contributed by atoms with Crippen molar-refractivity contribution in [2.24, 2.45) is 0 Å². The Balaban J connectivity index is 0.000000188. The van der Waals surface area contributed by atoms with Crippen LogP contribution in [0.2, 0.25) is 0 Å². The van der Waals surface area contributed by atoms with Gasteiger partial charge in [-0.1, -0.05) is 31.0 Å². The summed E-state index contributed by atoms with van der Waals surface area (Å²) in [6, 6.07) is 9.91. The van der Waals surface area contributed by atoms with Crippen LogP contribution in [0.25, 0.3) is 0 Å². The Bertz CT molecular complexity index is 452. The fourth-order valence-corrected chi connectivity index (χ4v) is 2.94. The summed E-state index contributed by atoms with van der Waals surface area (Å²) in [6.07, 6.45) is 4.72. The predicted octanol–water partition coefficient (Wildman–Crippen LogP) is 4.85. The molecular formula is C18H25F2NO. The molecule has 2 nitrogen and oxygen atoms in total. The van der Waals surface area contributed by atoms with Crippen molar-refractivity contribution in [3.8, 4) is 0 Å². The standard InChI is InChI=1S/C12H16FN.C6H9FO/c13-11-8-4-5-9-12(11)14-10-6-2-1-3-7-10;7-5-3-1-2-4-6(5)8/h1-3,6-7,11-12,14H,4-5,8-9H2;5H,1-4H2. The Morgan fingerprint density at radius 2 is 1.59 bits per heavy atom. The SMILES string of the molecule is FC1CCCCC1Nc1ccccc1.O=C1CCCCC1F. The number of carbonyl (C=O) groups excluding carboxylic acids is 1. The first-order valence-electron chi connectivity index (χ1n) is 8.29. The smallest absolute Gasteiger partial charge is 0.166 e. The minimum absolute atomic E-state index is 0.0196. The highest BCUT2D eigenvalue weighted by atomic mass is 19.1. The van der Waals surface area contributed by atoms with Gasteiger partial charge in [0.25, 0.3) is 0 Å². The van der Waals surface area contributed by atoms with Gasteiger partial charge < -0.3 is 5.32 Å². The lowest BCUT2D eigenvalue weighted by atomic mass is 9.93. The molecule has 122 valence electrons. The number of benzene rings is 1. The molecule has 0 spiro atoms. The molecule has 2 aliphatic carbocycles. The fraction of sp³-hybridized carbons (Fsp3) is 0.611. The van der Waals surface area contributed by atoms with Gasteiger partial charge in [-0.3, -0.25) is 4.79 Å².